The summed E-state index contributed by atoms with van der Waals surface area (Å²) in [6.07, 6.45) is 1.62. The summed E-state index contributed by atoms with van der Waals surface area (Å²) in [6, 6.07) is 18.4. The van der Waals surface area contributed by atoms with Crippen LogP contribution >= 0.6 is 0 Å². The first kappa shape index (κ1) is 15.4. The van der Waals surface area contributed by atoms with Crippen molar-refractivity contribution in [2.24, 2.45) is 0 Å². The third kappa shape index (κ3) is 3.65. The smallest absolute Gasteiger partial charge is 0.262 e. The van der Waals surface area contributed by atoms with Crippen molar-refractivity contribution in [3.63, 3.8) is 0 Å². The van der Waals surface area contributed by atoms with E-state index in [-0.39, 0.29) is 5.91 Å². The number of benzene rings is 2. The molecule has 2 aromatic carbocycles. The van der Waals surface area contributed by atoms with Crippen LogP contribution in [-0.4, -0.2) is 32.1 Å². The van der Waals surface area contributed by atoms with Gasteiger partial charge >= 0.3 is 0 Å². The van der Waals surface area contributed by atoms with Gasteiger partial charge in [0, 0.05) is 13.6 Å². The maximum absolute atomic E-state index is 12.0. The van der Waals surface area contributed by atoms with E-state index in [1.165, 1.54) is 5.56 Å². The zero-order chi connectivity index (χ0) is 16.1. The molecule has 4 nitrogen and oxygen atoms in total. The van der Waals surface area contributed by atoms with Crippen molar-refractivity contribution in [3.05, 3.63) is 60.2 Å². The molecule has 1 amide bonds. The number of para-hydroxylation sites is 2. The number of ether oxygens (including phenoxy) is 1. The summed E-state index contributed by atoms with van der Waals surface area (Å²) >= 11 is 0. The summed E-state index contributed by atoms with van der Waals surface area (Å²) in [5.41, 5.74) is 2.41. The Morgan fingerprint density at radius 1 is 1.17 bits per heavy atom. The molecule has 1 aliphatic heterocycles. The highest BCUT2D eigenvalue weighted by atomic mass is 16.5. The fourth-order valence-electron chi connectivity index (χ4n) is 2.93. The van der Waals surface area contributed by atoms with E-state index in [4.69, 9.17) is 4.74 Å². The molecular weight excluding hydrogens is 288 g/mol. The van der Waals surface area contributed by atoms with E-state index in [1.54, 1.807) is 7.05 Å². The number of carbonyl (C=O) groups excluding carboxylic acids is 1. The monoisotopic (exact) mass is 310 g/mol. The van der Waals surface area contributed by atoms with Crippen molar-refractivity contribution in [2.45, 2.75) is 18.9 Å². The van der Waals surface area contributed by atoms with Crippen LogP contribution in [0.3, 0.4) is 0 Å². The number of hydrogen-bond donors (Lipinski definition) is 1. The van der Waals surface area contributed by atoms with Crippen LogP contribution in [0.2, 0.25) is 0 Å². The molecule has 1 aliphatic rings. The minimum absolute atomic E-state index is 0.0763. The topological polar surface area (TPSA) is 41.6 Å². The number of amides is 1. The number of anilines is 1. The predicted molar refractivity (Wildman–Crippen MR) is 91.9 cm³/mol. The zero-order valence-corrected chi connectivity index (χ0v) is 13.4. The number of nitrogens with one attached hydrogen (secondary N) is 1. The van der Waals surface area contributed by atoms with Crippen LogP contribution in [0.25, 0.3) is 0 Å². The largest absolute Gasteiger partial charge is 0.477 e. The van der Waals surface area contributed by atoms with Crippen LogP contribution in [0.1, 0.15) is 12.0 Å². The minimum atomic E-state index is -0.452. The van der Waals surface area contributed by atoms with Crippen molar-refractivity contribution in [3.8, 4) is 5.75 Å². The van der Waals surface area contributed by atoms with Crippen LogP contribution in [-0.2, 0) is 11.2 Å². The Morgan fingerprint density at radius 3 is 2.70 bits per heavy atom. The number of fused-ring (bicyclic) bond motifs is 1. The Kier molecular flexibility index (Phi) is 4.81. The van der Waals surface area contributed by atoms with Gasteiger partial charge in [-0.15, -0.1) is 0 Å². The fourth-order valence-corrected chi connectivity index (χ4v) is 2.93. The molecule has 1 N–H and O–H groups in total. The molecule has 0 saturated heterocycles. The molecule has 0 bridgehead atoms. The molecule has 1 atom stereocenters. The average molecular weight is 310 g/mol. The second kappa shape index (κ2) is 7.18. The number of likely N-dealkylation sites (N-methyl/N-ethyl adjacent to an activating group) is 1. The second-order valence-electron chi connectivity index (χ2n) is 5.72. The maximum atomic E-state index is 12.0. The molecule has 0 unspecified atom stereocenters. The average Bonchev–Trinajstić information content (AvgIpc) is 2.61. The molecule has 1 heterocycles. The molecule has 0 saturated carbocycles. The molecule has 0 aromatic heterocycles. The highest BCUT2D eigenvalue weighted by Crippen LogP contribution is 2.33. The van der Waals surface area contributed by atoms with Crippen LogP contribution in [0, 0.1) is 0 Å². The molecule has 120 valence electrons. The van der Waals surface area contributed by atoms with Gasteiger partial charge in [0.15, 0.2) is 6.10 Å². The first-order chi connectivity index (χ1) is 11.3. The lowest BCUT2D eigenvalue weighted by Crippen LogP contribution is -2.48. The van der Waals surface area contributed by atoms with Crippen LogP contribution in [0.5, 0.6) is 5.75 Å². The van der Waals surface area contributed by atoms with Gasteiger partial charge in [-0.1, -0.05) is 42.5 Å². The summed E-state index contributed by atoms with van der Waals surface area (Å²) in [6.45, 7) is 1.49. The lowest BCUT2D eigenvalue weighted by molar-refractivity contribution is -0.127. The van der Waals surface area contributed by atoms with Crippen molar-refractivity contribution >= 4 is 11.6 Å². The summed E-state index contributed by atoms with van der Waals surface area (Å²) in [5.74, 6) is 0.708. The standard InChI is InChI=1S/C19H22N2O2/c1-20-19(22)18-14-21(16-11-5-6-12-17(16)23-18)13-7-10-15-8-3-2-4-9-15/h2-6,8-9,11-12,18H,7,10,13-14H2,1H3,(H,20,22)/t18-/m1/s1. The number of rotatable bonds is 5. The highest BCUT2D eigenvalue weighted by molar-refractivity contribution is 5.83. The normalized spacial score (nSPS) is 16.4. The van der Waals surface area contributed by atoms with Crippen molar-refractivity contribution in [2.75, 3.05) is 25.0 Å². The highest BCUT2D eigenvalue weighted by Gasteiger charge is 2.29. The second-order valence-corrected chi connectivity index (χ2v) is 5.72. The predicted octanol–water partition coefficient (Wildman–Crippen LogP) is 2.63. The Bertz CT molecular complexity index is 657. The van der Waals surface area contributed by atoms with Gasteiger partial charge in [0.1, 0.15) is 5.75 Å². The lowest BCUT2D eigenvalue weighted by atomic mass is 10.1. The van der Waals surface area contributed by atoms with E-state index < -0.39 is 6.10 Å². The molecule has 23 heavy (non-hydrogen) atoms. The van der Waals surface area contributed by atoms with Crippen molar-refractivity contribution < 1.29 is 9.53 Å². The Hall–Kier alpha value is -2.49. The molecule has 2 aromatic rings. The van der Waals surface area contributed by atoms with Crippen LogP contribution in [0.15, 0.2) is 54.6 Å². The van der Waals surface area contributed by atoms with Crippen molar-refractivity contribution in [1.29, 1.82) is 0 Å². The van der Waals surface area contributed by atoms with E-state index in [2.05, 4.69) is 40.5 Å². The van der Waals surface area contributed by atoms with E-state index in [0.717, 1.165) is 30.8 Å². The first-order valence-corrected chi connectivity index (χ1v) is 8.04. The van der Waals surface area contributed by atoms with E-state index in [0.29, 0.717) is 6.54 Å². The Morgan fingerprint density at radius 2 is 1.91 bits per heavy atom. The quantitative estimate of drug-likeness (QED) is 0.923. The van der Waals surface area contributed by atoms with Gasteiger partial charge in [-0.2, -0.15) is 0 Å². The van der Waals surface area contributed by atoms with Gasteiger partial charge in [-0.05, 0) is 30.5 Å². The summed E-state index contributed by atoms with van der Waals surface area (Å²) in [7, 11) is 1.64. The summed E-state index contributed by atoms with van der Waals surface area (Å²) in [4.78, 5) is 14.2. The summed E-state index contributed by atoms with van der Waals surface area (Å²) in [5, 5.41) is 2.68. The van der Waals surface area contributed by atoms with Gasteiger partial charge in [0.05, 0.1) is 12.2 Å². The van der Waals surface area contributed by atoms with Crippen LogP contribution < -0.4 is 15.0 Å². The van der Waals surface area contributed by atoms with Crippen molar-refractivity contribution in [1.82, 2.24) is 5.32 Å². The molecule has 0 spiro atoms. The third-order valence-electron chi connectivity index (χ3n) is 4.14. The molecule has 0 fully saturated rings. The number of aryl methyl sites for hydroxylation is 1. The van der Waals surface area contributed by atoms with Gasteiger partial charge in [-0.3, -0.25) is 4.79 Å². The SMILES string of the molecule is CNC(=O)[C@H]1CN(CCCc2ccccc2)c2ccccc2O1. The van der Waals surface area contributed by atoms with E-state index >= 15 is 0 Å². The van der Waals surface area contributed by atoms with Gasteiger partial charge < -0.3 is 15.0 Å². The summed E-state index contributed by atoms with van der Waals surface area (Å²) < 4.78 is 5.83. The van der Waals surface area contributed by atoms with E-state index in [1.807, 2.05) is 24.3 Å². The molecule has 0 radical (unpaired) electrons. The minimum Gasteiger partial charge on any atom is -0.477 e. The zero-order valence-electron chi connectivity index (χ0n) is 13.4. The molecular formula is C19H22N2O2. The first-order valence-electron chi connectivity index (χ1n) is 8.04. The van der Waals surface area contributed by atoms with Crippen LogP contribution in [0.4, 0.5) is 5.69 Å². The fraction of sp³-hybridized carbons (Fsp3) is 0.316. The van der Waals surface area contributed by atoms with Gasteiger partial charge in [0.25, 0.3) is 5.91 Å². The molecule has 3 rings (SSSR count). The lowest BCUT2D eigenvalue weighted by Gasteiger charge is -2.35. The Balaban J connectivity index is 1.68. The van der Waals surface area contributed by atoms with Gasteiger partial charge in [-0.25, -0.2) is 0 Å². The number of carbonyl (C=O) groups is 1. The van der Waals surface area contributed by atoms with E-state index in [9.17, 15) is 4.79 Å². The molecule has 0 aliphatic carbocycles. The Labute approximate surface area is 137 Å². The number of hydrogen-bond acceptors (Lipinski definition) is 3. The maximum Gasteiger partial charge on any atom is 0.262 e. The third-order valence-corrected chi connectivity index (χ3v) is 4.14. The number of nitrogens with zero attached hydrogens (tertiary/aromatic N) is 1. The van der Waals surface area contributed by atoms with Gasteiger partial charge in [0.2, 0.25) is 0 Å². The molecule has 4 heteroatoms.